The molecule has 0 bridgehead atoms. The summed E-state index contributed by atoms with van der Waals surface area (Å²) in [7, 11) is 0. The van der Waals surface area contributed by atoms with Gasteiger partial charge in [0.25, 0.3) is 5.91 Å². The summed E-state index contributed by atoms with van der Waals surface area (Å²) < 4.78 is 13.5. The van der Waals surface area contributed by atoms with Crippen molar-refractivity contribution in [1.29, 1.82) is 0 Å². The van der Waals surface area contributed by atoms with Gasteiger partial charge in [0.1, 0.15) is 11.6 Å². The monoisotopic (exact) mass is 279 g/mol. The number of amides is 1. The molecule has 0 aromatic heterocycles. The predicted octanol–water partition coefficient (Wildman–Crippen LogP) is 3.75. The summed E-state index contributed by atoms with van der Waals surface area (Å²) in [5, 5.41) is 12.3. The molecule has 3 nitrogen and oxygen atoms in total. The van der Waals surface area contributed by atoms with Crippen LogP contribution >= 0.6 is 11.6 Å². The van der Waals surface area contributed by atoms with Gasteiger partial charge in [-0.1, -0.05) is 23.2 Å². The molecular formula is C14H11ClFNO2. The van der Waals surface area contributed by atoms with Crippen LogP contribution in [0.5, 0.6) is 5.75 Å². The normalized spacial score (nSPS) is 10.3. The lowest BCUT2D eigenvalue weighted by Gasteiger charge is -2.08. The largest absolute Gasteiger partial charge is 0.507 e. The number of rotatable bonds is 2. The fourth-order valence-corrected chi connectivity index (χ4v) is 1.79. The molecule has 2 rings (SSSR count). The van der Waals surface area contributed by atoms with E-state index in [1.54, 1.807) is 13.0 Å². The summed E-state index contributed by atoms with van der Waals surface area (Å²) in [5.41, 5.74) is 0.868. The third kappa shape index (κ3) is 3.03. The van der Waals surface area contributed by atoms with Gasteiger partial charge in [-0.3, -0.25) is 4.79 Å². The molecule has 2 N–H and O–H groups in total. The van der Waals surface area contributed by atoms with E-state index in [1.807, 2.05) is 0 Å². The van der Waals surface area contributed by atoms with Crippen LogP contribution in [0.25, 0.3) is 0 Å². The zero-order chi connectivity index (χ0) is 14.0. The van der Waals surface area contributed by atoms with E-state index >= 15 is 0 Å². The second-order valence-corrected chi connectivity index (χ2v) is 4.54. The SMILES string of the molecule is Cc1ccc(O)c(C(=O)Nc2cc(Cl)ccc2F)c1. The lowest BCUT2D eigenvalue weighted by atomic mass is 10.1. The van der Waals surface area contributed by atoms with Crippen molar-refractivity contribution in [2.24, 2.45) is 0 Å². The molecular weight excluding hydrogens is 269 g/mol. The summed E-state index contributed by atoms with van der Waals surface area (Å²) in [6.07, 6.45) is 0. The molecule has 0 saturated carbocycles. The van der Waals surface area contributed by atoms with Gasteiger partial charge in [-0.15, -0.1) is 0 Å². The number of phenols is 1. The Kier molecular flexibility index (Phi) is 3.71. The smallest absolute Gasteiger partial charge is 0.259 e. The number of carbonyl (C=O) groups excluding carboxylic acids is 1. The number of hydrogen-bond donors (Lipinski definition) is 2. The molecule has 0 fully saturated rings. The van der Waals surface area contributed by atoms with Crippen LogP contribution in [0.15, 0.2) is 36.4 Å². The van der Waals surface area contributed by atoms with Gasteiger partial charge in [0.2, 0.25) is 0 Å². The second-order valence-electron chi connectivity index (χ2n) is 4.10. The van der Waals surface area contributed by atoms with Crippen LogP contribution in [0.3, 0.4) is 0 Å². The van der Waals surface area contributed by atoms with Crippen LogP contribution in [0.4, 0.5) is 10.1 Å². The summed E-state index contributed by atoms with van der Waals surface area (Å²) in [6.45, 7) is 1.79. The molecule has 0 unspecified atom stereocenters. The number of carbonyl (C=O) groups is 1. The molecule has 0 aliphatic heterocycles. The average molecular weight is 280 g/mol. The van der Waals surface area contributed by atoms with E-state index in [1.165, 1.54) is 24.3 Å². The molecule has 2 aromatic carbocycles. The van der Waals surface area contributed by atoms with E-state index in [2.05, 4.69) is 5.32 Å². The van der Waals surface area contributed by atoms with E-state index in [-0.39, 0.29) is 17.0 Å². The first-order valence-electron chi connectivity index (χ1n) is 5.53. The van der Waals surface area contributed by atoms with Gasteiger partial charge < -0.3 is 10.4 Å². The molecule has 0 heterocycles. The highest BCUT2D eigenvalue weighted by molar-refractivity contribution is 6.31. The fourth-order valence-electron chi connectivity index (χ4n) is 1.61. The fraction of sp³-hybridized carbons (Fsp3) is 0.0714. The molecule has 0 radical (unpaired) electrons. The van der Waals surface area contributed by atoms with Gasteiger partial charge in [0.05, 0.1) is 11.3 Å². The summed E-state index contributed by atoms with van der Waals surface area (Å²) in [6, 6.07) is 8.46. The minimum absolute atomic E-state index is 0.0293. The van der Waals surface area contributed by atoms with Crippen LogP contribution in [0, 0.1) is 12.7 Å². The molecule has 2 aromatic rings. The van der Waals surface area contributed by atoms with E-state index in [4.69, 9.17) is 11.6 Å². The molecule has 5 heteroatoms. The predicted molar refractivity (Wildman–Crippen MR) is 72.2 cm³/mol. The zero-order valence-electron chi connectivity index (χ0n) is 10.1. The Hall–Kier alpha value is -2.07. The third-order valence-electron chi connectivity index (χ3n) is 2.57. The summed E-state index contributed by atoms with van der Waals surface area (Å²) >= 11 is 5.74. The van der Waals surface area contributed by atoms with Gasteiger partial charge >= 0.3 is 0 Å². The average Bonchev–Trinajstić information content (AvgIpc) is 2.36. The zero-order valence-corrected chi connectivity index (χ0v) is 10.8. The topological polar surface area (TPSA) is 49.3 Å². The molecule has 0 aliphatic rings. The third-order valence-corrected chi connectivity index (χ3v) is 2.81. The van der Waals surface area contributed by atoms with Crippen molar-refractivity contribution in [2.45, 2.75) is 6.92 Å². The van der Waals surface area contributed by atoms with Crippen molar-refractivity contribution < 1.29 is 14.3 Å². The quantitative estimate of drug-likeness (QED) is 0.880. The van der Waals surface area contributed by atoms with Crippen molar-refractivity contribution in [3.05, 3.63) is 58.4 Å². The van der Waals surface area contributed by atoms with Crippen LogP contribution in [-0.4, -0.2) is 11.0 Å². The second kappa shape index (κ2) is 5.28. The Labute approximate surface area is 114 Å². The lowest BCUT2D eigenvalue weighted by molar-refractivity contribution is 0.102. The first-order valence-corrected chi connectivity index (χ1v) is 5.91. The van der Waals surface area contributed by atoms with Gasteiger partial charge in [-0.2, -0.15) is 0 Å². The van der Waals surface area contributed by atoms with E-state index in [9.17, 15) is 14.3 Å². The highest BCUT2D eigenvalue weighted by Gasteiger charge is 2.13. The van der Waals surface area contributed by atoms with Crippen molar-refractivity contribution >= 4 is 23.2 Å². The van der Waals surface area contributed by atoms with Gasteiger partial charge in [0, 0.05) is 5.02 Å². The number of aryl methyl sites for hydroxylation is 1. The number of hydrogen-bond acceptors (Lipinski definition) is 2. The van der Waals surface area contributed by atoms with Gasteiger partial charge in [-0.25, -0.2) is 4.39 Å². The molecule has 98 valence electrons. The first-order chi connectivity index (χ1) is 8.97. The Morgan fingerprint density at radius 3 is 2.74 bits per heavy atom. The number of anilines is 1. The van der Waals surface area contributed by atoms with Gasteiger partial charge in [0.15, 0.2) is 0 Å². The molecule has 0 atom stereocenters. The maximum Gasteiger partial charge on any atom is 0.259 e. The molecule has 1 amide bonds. The highest BCUT2D eigenvalue weighted by Crippen LogP contribution is 2.23. The number of benzene rings is 2. The first kappa shape index (κ1) is 13.4. The number of halogens is 2. The Balaban J connectivity index is 2.30. The highest BCUT2D eigenvalue weighted by atomic mass is 35.5. The number of aromatic hydroxyl groups is 1. The van der Waals surface area contributed by atoms with E-state index < -0.39 is 11.7 Å². The molecule has 19 heavy (non-hydrogen) atoms. The Morgan fingerprint density at radius 1 is 1.26 bits per heavy atom. The molecule has 0 saturated heterocycles. The van der Waals surface area contributed by atoms with Crippen LogP contribution in [-0.2, 0) is 0 Å². The minimum Gasteiger partial charge on any atom is -0.507 e. The van der Waals surface area contributed by atoms with E-state index in [0.29, 0.717) is 5.02 Å². The maximum absolute atomic E-state index is 13.5. The Bertz CT molecular complexity index is 643. The molecule has 0 aliphatic carbocycles. The molecule has 0 spiro atoms. The summed E-state index contributed by atoms with van der Waals surface area (Å²) in [4.78, 5) is 12.0. The van der Waals surface area contributed by atoms with Crippen molar-refractivity contribution in [1.82, 2.24) is 0 Å². The standard InChI is InChI=1S/C14H11ClFNO2/c1-8-2-5-13(18)10(6-8)14(19)17-12-7-9(15)3-4-11(12)16/h2-7,18H,1H3,(H,17,19). The van der Waals surface area contributed by atoms with Crippen molar-refractivity contribution in [3.8, 4) is 5.75 Å². The van der Waals surface area contributed by atoms with E-state index in [0.717, 1.165) is 11.6 Å². The lowest BCUT2D eigenvalue weighted by Crippen LogP contribution is -2.13. The minimum atomic E-state index is -0.595. The maximum atomic E-state index is 13.5. The number of phenolic OH excluding ortho intramolecular Hbond substituents is 1. The summed E-state index contributed by atoms with van der Waals surface area (Å²) in [5.74, 6) is -1.35. The van der Waals surface area contributed by atoms with Crippen LogP contribution < -0.4 is 5.32 Å². The van der Waals surface area contributed by atoms with Crippen LogP contribution in [0.1, 0.15) is 15.9 Å². The number of nitrogens with one attached hydrogen (secondary N) is 1. The van der Waals surface area contributed by atoms with Crippen LogP contribution in [0.2, 0.25) is 5.02 Å². The Morgan fingerprint density at radius 2 is 2.00 bits per heavy atom. The van der Waals surface area contributed by atoms with Crippen molar-refractivity contribution in [2.75, 3.05) is 5.32 Å². The van der Waals surface area contributed by atoms with Crippen molar-refractivity contribution in [3.63, 3.8) is 0 Å². The van der Waals surface area contributed by atoms with Gasteiger partial charge in [-0.05, 0) is 37.3 Å².